The first-order valence-corrected chi connectivity index (χ1v) is 8.67. The number of amides is 1. The van der Waals surface area contributed by atoms with Gasteiger partial charge in [0.15, 0.2) is 11.5 Å². The number of halogens is 2. The van der Waals surface area contributed by atoms with E-state index >= 15 is 0 Å². The fraction of sp³-hybridized carbons (Fsp3) is 0.263. The first-order chi connectivity index (χ1) is 13.8. The molecule has 0 radical (unpaired) electrons. The minimum Gasteiger partial charge on any atom is -0.385 e. The Morgan fingerprint density at radius 1 is 1.34 bits per heavy atom. The molecule has 0 saturated carbocycles. The predicted octanol–water partition coefficient (Wildman–Crippen LogP) is 2.73. The molecule has 8 nitrogen and oxygen atoms in total. The molecule has 2 atom stereocenters. The third kappa shape index (κ3) is 4.30. The number of nitriles is 1. The van der Waals surface area contributed by atoms with Crippen LogP contribution in [0.5, 0.6) is 0 Å². The number of carbonyl (C=O) groups excluding carboxylic acids is 1. The second-order valence-corrected chi connectivity index (χ2v) is 6.46. The molecule has 0 aliphatic heterocycles. The summed E-state index contributed by atoms with van der Waals surface area (Å²) in [6.45, 7) is 3.49. The normalized spacial score (nSPS) is 13.0. The van der Waals surface area contributed by atoms with Gasteiger partial charge in [-0.05, 0) is 32.0 Å². The Hall–Kier alpha value is -3.58. The van der Waals surface area contributed by atoms with E-state index in [-0.39, 0.29) is 29.6 Å². The van der Waals surface area contributed by atoms with E-state index in [0.29, 0.717) is 5.69 Å². The van der Waals surface area contributed by atoms with Crippen LogP contribution in [-0.2, 0) is 0 Å². The maximum Gasteiger partial charge on any atom is 0.273 e. The van der Waals surface area contributed by atoms with Crippen LogP contribution in [0.1, 0.15) is 47.8 Å². The summed E-state index contributed by atoms with van der Waals surface area (Å²) in [5.74, 6) is -2.21. The maximum absolute atomic E-state index is 13.8. The van der Waals surface area contributed by atoms with Gasteiger partial charge in [0.2, 0.25) is 0 Å². The molecule has 10 heteroatoms. The average molecular weight is 401 g/mol. The fourth-order valence-corrected chi connectivity index (χ4v) is 2.58. The van der Waals surface area contributed by atoms with Gasteiger partial charge in [0.05, 0.1) is 11.7 Å². The highest BCUT2D eigenvalue weighted by atomic mass is 19.1. The molecule has 150 valence electrons. The Bertz CT molecular complexity index is 1060. The zero-order valence-electron chi connectivity index (χ0n) is 15.6. The third-order valence-corrected chi connectivity index (χ3v) is 4.24. The van der Waals surface area contributed by atoms with Gasteiger partial charge in [0, 0.05) is 24.4 Å². The van der Waals surface area contributed by atoms with E-state index in [4.69, 9.17) is 9.78 Å². The molecule has 3 aromatic rings. The van der Waals surface area contributed by atoms with Crippen LogP contribution in [0.3, 0.4) is 0 Å². The van der Waals surface area contributed by atoms with Gasteiger partial charge in [-0.3, -0.25) is 9.48 Å². The summed E-state index contributed by atoms with van der Waals surface area (Å²) in [6.07, 6.45) is 0.740. The number of aliphatic hydroxyl groups is 1. The first kappa shape index (κ1) is 20.2. The summed E-state index contributed by atoms with van der Waals surface area (Å²) in [6, 6.07) is 6.22. The largest absolute Gasteiger partial charge is 0.385 e. The van der Waals surface area contributed by atoms with Crippen molar-refractivity contribution in [1.82, 2.24) is 20.3 Å². The van der Waals surface area contributed by atoms with Crippen molar-refractivity contribution in [3.8, 4) is 17.3 Å². The summed E-state index contributed by atoms with van der Waals surface area (Å²) in [7, 11) is 0. The van der Waals surface area contributed by atoms with Crippen molar-refractivity contribution in [3.05, 3.63) is 59.1 Å². The highest BCUT2D eigenvalue weighted by Crippen LogP contribution is 2.23. The van der Waals surface area contributed by atoms with Crippen molar-refractivity contribution in [3.63, 3.8) is 0 Å². The van der Waals surface area contributed by atoms with Gasteiger partial charge in [-0.2, -0.15) is 10.4 Å². The Morgan fingerprint density at radius 2 is 2.03 bits per heavy atom. The molecule has 2 unspecified atom stereocenters. The predicted molar refractivity (Wildman–Crippen MR) is 96.5 cm³/mol. The lowest BCUT2D eigenvalue weighted by molar-refractivity contribution is 0.0937. The molecule has 2 aromatic heterocycles. The Balaban J connectivity index is 1.67. The maximum atomic E-state index is 13.8. The van der Waals surface area contributed by atoms with Crippen molar-refractivity contribution in [2.45, 2.75) is 26.0 Å². The molecule has 29 heavy (non-hydrogen) atoms. The number of nitrogens with zero attached hydrogens (tertiary/aromatic N) is 4. The number of hydrogen-bond acceptors (Lipinski definition) is 6. The molecule has 0 aliphatic rings. The zero-order valence-corrected chi connectivity index (χ0v) is 15.6. The SMILES string of the molecule is CC(O)c1cc(C(=O)NCC(C)n2ccc(-c3cc(F)c(C#N)c(F)c3)n2)no1. The summed E-state index contributed by atoms with van der Waals surface area (Å²) < 4.78 is 34.0. The van der Waals surface area contributed by atoms with Gasteiger partial charge >= 0.3 is 0 Å². The molecule has 1 aromatic carbocycles. The number of nitrogens with one attached hydrogen (secondary N) is 1. The van der Waals surface area contributed by atoms with Gasteiger partial charge in [-0.25, -0.2) is 8.78 Å². The van der Waals surface area contributed by atoms with E-state index in [1.807, 2.05) is 0 Å². The van der Waals surface area contributed by atoms with Crippen LogP contribution < -0.4 is 5.32 Å². The van der Waals surface area contributed by atoms with E-state index in [1.165, 1.54) is 23.7 Å². The van der Waals surface area contributed by atoms with Crippen LogP contribution in [-0.4, -0.2) is 32.5 Å². The van der Waals surface area contributed by atoms with Crippen LogP contribution in [0.4, 0.5) is 8.78 Å². The molecular formula is C19H17F2N5O3. The lowest BCUT2D eigenvalue weighted by atomic mass is 10.1. The van der Waals surface area contributed by atoms with Crippen LogP contribution in [0, 0.1) is 23.0 Å². The molecule has 2 N–H and O–H groups in total. The Labute approximate surface area is 164 Å². The molecular weight excluding hydrogens is 384 g/mol. The summed E-state index contributed by atoms with van der Waals surface area (Å²) in [4.78, 5) is 12.1. The van der Waals surface area contributed by atoms with E-state index in [1.54, 1.807) is 19.2 Å². The monoisotopic (exact) mass is 401 g/mol. The van der Waals surface area contributed by atoms with Crippen LogP contribution in [0.15, 0.2) is 35.0 Å². The van der Waals surface area contributed by atoms with Crippen LogP contribution in [0.2, 0.25) is 0 Å². The smallest absolute Gasteiger partial charge is 0.273 e. The third-order valence-electron chi connectivity index (χ3n) is 4.24. The first-order valence-electron chi connectivity index (χ1n) is 8.67. The lowest BCUT2D eigenvalue weighted by Crippen LogP contribution is -2.30. The highest BCUT2D eigenvalue weighted by Gasteiger charge is 2.17. The Morgan fingerprint density at radius 3 is 2.62 bits per heavy atom. The van der Waals surface area contributed by atoms with Crippen molar-refractivity contribution in [2.24, 2.45) is 0 Å². The molecule has 2 heterocycles. The van der Waals surface area contributed by atoms with Gasteiger partial charge < -0.3 is 14.9 Å². The minimum absolute atomic E-state index is 0.0396. The van der Waals surface area contributed by atoms with Gasteiger partial charge in [-0.1, -0.05) is 5.16 Å². The minimum atomic E-state index is -0.957. The van der Waals surface area contributed by atoms with Gasteiger partial charge in [0.1, 0.15) is 29.4 Å². The number of aliphatic hydroxyl groups excluding tert-OH is 1. The molecule has 3 rings (SSSR count). The molecule has 0 spiro atoms. The number of carbonyl (C=O) groups is 1. The topological polar surface area (TPSA) is 117 Å². The average Bonchev–Trinajstić information content (AvgIpc) is 3.35. The van der Waals surface area contributed by atoms with E-state index in [9.17, 15) is 18.7 Å². The highest BCUT2D eigenvalue weighted by molar-refractivity contribution is 5.92. The number of rotatable bonds is 6. The van der Waals surface area contributed by atoms with Gasteiger partial charge in [-0.15, -0.1) is 0 Å². The summed E-state index contributed by atoms with van der Waals surface area (Å²) in [5, 5.41) is 28.7. The van der Waals surface area contributed by atoms with Crippen LogP contribution in [0.25, 0.3) is 11.3 Å². The molecule has 0 saturated heterocycles. The van der Waals surface area contributed by atoms with E-state index < -0.39 is 29.2 Å². The molecule has 0 aliphatic carbocycles. The van der Waals surface area contributed by atoms with Crippen molar-refractivity contribution >= 4 is 5.91 Å². The molecule has 0 bridgehead atoms. The second kappa shape index (κ2) is 8.20. The number of benzene rings is 1. The second-order valence-electron chi connectivity index (χ2n) is 6.46. The number of hydrogen-bond donors (Lipinski definition) is 2. The summed E-state index contributed by atoms with van der Waals surface area (Å²) >= 11 is 0. The van der Waals surface area contributed by atoms with Gasteiger partial charge in [0.25, 0.3) is 5.91 Å². The molecule has 0 fully saturated rings. The Kier molecular flexibility index (Phi) is 5.70. The van der Waals surface area contributed by atoms with Crippen LogP contribution >= 0.6 is 0 Å². The van der Waals surface area contributed by atoms with Crippen molar-refractivity contribution < 1.29 is 23.2 Å². The van der Waals surface area contributed by atoms with E-state index in [2.05, 4.69) is 15.6 Å². The quantitative estimate of drug-likeness (QED) is 0.656. The van der Waals surface area contributed by atoms with Crippen molar-refractivity contribution in [1.29, 1.82) is 5.26 Å². The zero-order chi connectivity index (χ0) is 21.1. The fourth-order valence-electron chi connectivity index (χ4n) is 2.58. The lowest BCUT2D eigenvalue weighted by Gasteiger charge is -2.12. The standard InChI is InChI=1S/C19H17F2N5O3/c1-10(9-23-19(28)17-7-18(11(2)27)29-25-17)26-4-3-16(24-26)12-5-14(20)13(8-22)15(21)6-12/h3-7,10-11,27H,9H2,1-2H3,(H,23,28). The summed E-state index contributed by atoms with van der Waals surface area (Å²) in [5.41, 5.74) is -0.0839. The number of aromatic nitrogens is 3. The molecule has 1 amide bonds. The van der Waals surface area contributed by atoms with Crippen molar-refractivity contribution in [2.75, 3.05) is 6.54 Å². The van der Waals surface area contributed by atoms with E-state index in [0.717, 1.165) is 12.1 Å².